The van der Waals surface area contributed by atoms with Crippen LogP contribution in [0.1, 0.15) is 24.0 Å². The molecule has 0 spiro atoms. The highest BCUT2D eigenvalue weighted by Crippen LogP contribution is 2.25. The van der Waals surface area contributed by atoms with E-state index in [2.05, 4.69) is 41.9 Å². The van der Waals surface area contributed by atoms with Crippen LogP contribution >= 0.6 is 31.9 Å². The summed E-state index contributed by atoms with van der Waals surface area (Å²) < 4.78 is 6.43. The topological polar surface area (TPSA) is 122 Å². The number of hydrogen-bond donors (Lipinski definition) is 2. The minimum atomic E-state index is -0.593. The van der Waals surface area contributed by atoms with Crippen LogP contribution in [0.15, 0.2) is 45.3 Å². The zero-order valence-electron chi connectivity index (χ0n) is 19.1. The summed E-state index contributed by atoms with van der Waals surface area (Å²) in [7, 11) is 1.31. The molecule has 2 aromatic rings. The first kappa shape index (κ1) is 27.3. The maximum atomic E-state index is 11.6. The predicted octanol–water partition coefficient (Wildman–Crippen LogP) is 4.41. The third-order valence-electron chi connectivity index (χ3n) is 4.99. The van der Waals surface area contributed by atoms with Gasteiger partial charge in [-0.25, -0.2) is 9.59 Å². The number of halogens is 2. The lowest BCUT2D eigenvalue weighted by Gasteiger charge is -2.27. The molecule has 0 unspecified atom stereocenters. The molecule has 0 atom stereocenters. The average Bonchev–Trinajstić information content (AvgIpc) is 2.76. The number of rotatable bonds is 5. The molecule has 1 saturated heterocycles. The minimum absolute atomic E-state index is 0.106. The molecule has 0 aromatic heterocycles. The summed E-state index contributed by atoms with van der Waals surface area (Å²) in [5, 5.41) is 2.31. The van der Waals surface area contributed by atoms with Gasteiger partial charge in [0, 0.05) is 39.8 Å². The molecular formula is C23H26Br2N4O5. The summed E-state index contributed by atoms with van der Waals surface area (Å²) in [6.45, 7) is 4.44. The number of imide groups is 1. The summed E-state index contributed by atoms with van der Waals surface area (Å²) in [6, 6.07) is 10.2. The monoisotopic (exact) mass is 596 g/mol. The Morgan fingerprint density at radius 2 is 1.71 bits per heavy atom. The lowest BCUT2D eigenvalue weighted by Crippen LogP contribution is -2.49. The van der Waals surface area contributed by atoms with E-state index in [1.54, 1.807) is 11.0 Å². The Morgan fingerprint density at radius 3 is 2.24 bits per heavy atom. The Labute approximate surface area is 214 Å². The van der Waals surface area contributed by atoms with Crippen molar-refractivity contribution < 1.29 is 23.9 Å². The first-order chi connectivity index (χ1) is 16.0. The van der Waals surface area contributed by atoms with Gasteiger partial charge in [-0.05, 0) is 61.4 Å². The summed E-state index contributed by atoms with van der Waals surface area (Å²) in [6.07, 6.45) is 0.455. The van der Waals surface area contributed by atoms with E-state index in [9.17, 15) is 19.2 Å². The molecule has 0 aliphatic carbocycles. The van der Waals surface area contributed by atoms with Crippen LogP contribution in [0, 0.1) is 13.8 Å². The van der Waals surface area contributed by atoms with Gasteiger partial charge in [-0.1, -0.05) is 31.9 Å². The molecular weight excluding hydrogens is 572 g/mol. The predicted molar refractivity (Wildman–Crippen MR) is 137 cm³/mol. The highest BCUT2D eigenvalue weighted by molar-refractivity contribution is 9.10. The zero-order valence-corrected chi connectivity index (χ0v) is 22.2. The number of primary amides is 1. The van der Waals surface area contributed by atoms with E-state index in [1.165, 1.54) is 12.0 Å². The van der Waals surface area contributed by atoms with Crippen molar-refractivity contribution >= 4 is 67.2 Å². The molecule has 3 rings (SSSR count). The number of urea groups is 2. The number of nitrogens with two attached hydrogens (primary N) is 1. The van der Waals surface area contributed by atoms with Crippen molar-refractivity contribution in [3.8, 4) is 0 Å². The lowest BCUT2D eigenvalue weighted by atomic mass is 10.1. The van der Waals surface area contributed by atoms with Crippen LogP contribution in [-0.4, -0.2) is 44.1 Å². The van der Waals surface area contributed by atoms with Crippen molar-refractivity contribution in [3.05, 3.63) is 56.5 Å². The largest absolute Gasteiger partial charge is 0.469 e. The standard InChI is InChI=1S/C12H15BrN2O3.C11H11BrN2O2/c1-8-7-9(13)3-4-10(8)15(12(14)17)6-5-11(16)18-2;1-7-6-8(12)2-3-9(7)14-5-4-10(15)13-11(14)16/h3-4,7H,5-6H2,1-2H3,(H2,14,17);2-3,6H,4-5H2,1H3,(H,13,15,16). The molecule has 2 aromatic carbocycles. The normalized spacial score (nSPS) is 12.9. The van der Waals surface area contributed by atoms with Crippen LogP contribution in [0.3, 0.4) is 0 Å². The third-order valence-corrected chi connectivity index (χ3v) is 5.97. The number of hydrogen-bond acceptors (Lipinski definition) is 5. The van der Waals surface area contributed by atoms with E-state index in [-0.39, 0.29) is 30.9 Å². The van der Waals surface area contributed by atoms with Gasteiger partial charge in [0.05, 0.1) is 13.5 Å². The van der Waals surface area contributed by atoms with Crippen LogP contribution in [0.25, 0.3) is 0 Å². The number of esters is 1. The third kappa shape index (κ3) is 7.56. The molecule has 5 amide bonds. The van der Waals surface area contributed by atoms with Crippen LogP contribution in [0.2, 0.25) is 0 Å². The molecule has 9 nitrogen and oxygen atoms in total. The number of methoxy groups -OCH3 is 1. The SMILES string of the molecule is COC(=O)CCN(C(N)=O)c1ccc(Br)cc1C.Cc1cc(Br)ccc1N1CCC(=O)NC1=O. The maximum absolute atomic E-state index is 11.6. The molecule has 1 aliphatic rings. The molecule has 182 valence electrons. The van der Waals surface area contributed by atoms with Gasteiger partial charge in [-0.3, -0.25) is 24.7 Å². The van der Waals surface area contributed by atoms with Gasteiger partial charge in [0.15, 0.2) is 0 Å². The Hall–Kier alpha value is -2.92. The van der Waals surface area contributed by atoms with Crippen molar-refractivity contribution in [1.82, 2.24) is 5.32 Å². The summed E-state index contributed by atoms with van der Waals surface area (Å²) in [5.41, 5.74) is 8.75. The highest BCUT2D eigenvalue weighted by Gasteiger charge is 2.25. The average molecular weight is 598 g/mol. The van der Waals surface area contributed by atoms with Gasteiger partial charge >= 0.3 is 18.0 Å². The zero-order chi connectivity index (χ0) is 25.4. The molecule has 1 fully saturated rings. The first-order valence-corrected chi connectivity index (χ1v) is 11.9. The molecule has 3 N–H and O–H groups in total. The number of aryl methyl sites for hydroxylation is 2. The van der Waals surface area contributed by atoms with Crippen molar-refractivity contribution in [2.24, 2.45) is 5.73 Å². The molecule has 11 heteroatoms. The molecule has 0 radical (unpaired) electrons. The van der Waals surface area contributed by atoms with Crippen LogP contribution < -0.4 is 20.9 Å². The first-order valence-electron chi connectivity index (χ1n) is 10.3. The number of carbonyl (C=O) groups excluding carboxylic acids is 4. The molecule has 1 aliphatic heterocycles. The summed E-state index contributed by atoms with van der Waals surface area (Å²) >= 11 is 6.72. The summed E-state index contributed by atoms with van der Waals surface area (Å²) in [5.74, 6) is -0.591. The number of benzene rings is 2. The van der Waals surface area contributed by atoms with Crippen LogP contribution in [-0.2, 0) is 14.3 Å². The fourth-order valence-electron chi connectivity index (χ4n) is 3.29. The van der Waals surface area contributed by atoms with Crippen molar-refractivity contribution in [3.63, 3.8) is 0 Å². The number of carbonyl (C=O) groups is 4. The van der Waals surface area contributed by atoms with Crippen LogP contribution in [0.4, 0.5) is 21.0 Å². The van der Waals surface area contributed by atoms with E-state index in [4.69, 9.17) is 5.73 Å². The van der Waals surface area contributed by atoms with Gasteiger partial charge < -0.3 is 10.5 Å². The maximum Gasteiger partial charge on any atom is 0.328 e. The van der Waals surface area contributed by atoms with E-state index in [0.717, 1.165) is 25.8 Å². The number of nitrogens with one attached hydrogen (secondary N) is 1. The Morgan fingerprint density at radius 1 is 1.09 bits per heavy atom. The van der Waals surface area contributed by atoms with Gasteiger partial charge in [0.25, 0.3) is 0 Å². The lowest BCUT2D eigenvalue weighted by molar-refractivity contribution is -0.140. The smallest absolute Gasteiger partial charge is 0.328 e. The van der Waals surface area contributed by atoms with Gasteiger partial charge in [-0.2, -0.15) is 0 Å². The van der Waals surface area contributed by atoms with E-state index >= 15 is 0 Å². The molecule has 1 heterocycles. The fraction of sp³-hybridized carbons (Fsp3) is 0.304. The Bertz CT molecular complexity index is 1090. The summed E-state index contributed by atoms with van der Waals surface area (Å²) in [4.78, 5) is 48.1. The number of nitrogens with zero attached hydrogens (tertiary/aromatic N) is 2. The number of anilines is 2. The van der Waals surface area contributed by atoms with Crippen molar-refractivity contribution in [2.45, 2.75) is 26.7 Å². The quantitative estimate of drug-likeness (QED) is 0.494. The van der Waals surface area contributed by atoms with E-state index in [1.807, 2.05) is 44.2 Å². The van der Waals surface area contributed by atoms with Gasteiger partial charge in [0.1, 0.15) is 0 Å². The van der Waals surface area contributed by atoms with Crippen LogP contribution in [0.5, 0.6) is 0 Å². The minimum Gasteiger partial charge on any atom is -0.469 e. The molecule has 34 heavy (non-hydrogen) atoms. The molecule has 0 saturated carbocycles. The van der Waals surface area contributed by atoms with Crippen molar-refractivity contribution in [1.29, 1.82) is 0 Å². The van der Waals surface area contributed by atoms with Crippen molar-refractivity contribution in [2.75, 3.05) is 30.0 Å². The van der Waals surface area contributed by atoms with E-state index in [0.29, 0.717) is 18.7 Å². The fourth-order valence-corrected chi connectivity index (χ4v) is 4.24. The molecule has 0 bridgehead atoms. The number of ether oxygens (including phenoxy) is 1. The van der Waals surface area contributed by atoms with Gasteiger partial charge in [0.2, 0.25) is 5.91 Å². The second-order valence-corrected chi connectivity index (χ2v) is 9.26. The Kier molecular flexibility index (Phi) is 10.1. The second-order valence-electron chi connectivity index (χ2n) is 7.43. The Balaban J connectivity index is 0.000000241. The van der Waals surface area contributed by atoms with Gasteiger partial charge in [-0.15, -0.1) is 0 Å². The second kappa shape index (κ2) is 12.5. The highest BCUT2D eigenvalue weighted by atomic mass is 79.9. The number of amides is 5. The van der Waals surface area contributed by atoms with E-state index < -0.39 is 6.03 Å².